The zero-order valence-corrected chi connectivity index (χ0v) is 8.39. The summed E-state index contributed by atoms with van der Waals surface area (Å²) in [6.45, 7) is 0.670. The molecule has 0 saturated carbocycles. The Morgan fingerprint density at radius 3 is 3.00 bits per heavy atom. The second-order valence-electron chi connectivity index (χ2n) is 3.20. The van der Waals surface area contributed by atoms with Crippen molar-refractivity contribution in [1.29, 1.82) is 0 Å². The number of hydrogen-bond donors (Lipinski definition) is 0. The zero-order chi connectivity index (χ0) is 10.3. The van der Waals surface area contributed by atoms with Crippen LogP contribution in [-0.2, 0) is 6.42 Å². The van der Waals surface area contributed by atoms with Gasteiger partial charge in [-0.2, -0.15) is 0 Å². The third kappa shape index (κ3) is 3.09. The van der Waals surface area contributed by atoms with E-state index in [4.69, 9.17) is 4.74 Å². The fourth-order valence-corrected chi connectivity index (χ4v) is 1.30. The highest BCUT2D eigenvalue weighted by molar-refractivity contribution is 5.20. The molecule has 75 valence electrons. The first-order valence-electron chi connectivity index (χ1n) is 4.93. The second-order valence-corrected chi connectivity index (χ2v) is 3.20. The van der Waals surface area contributed by atoms with Gasteiger partial charge in [-0.15, -0.1) is 0 Å². The first kappa shape index (κ1) is 9.71. The summed E-state index contributed by atoms with van der Waals surface area (Å²) in [7, 11) is 0. The van der Waals surface area contributed by atoms with E-state index < -0.39 is 0 Å². The predicted molar refractivity (Wildman–Crippen MR) is 58.7 cm³/mol. The minimum absolute atomic E-state index is 0.670. The van der Waals surface area contributed by atoms with Crippen molar-refractivity contribution in [2.24, 2.45) is 0 Å². The highest BCUT2D eigenvalue weighted by Gasteiger charge is 1.94. The summed E-state index contributed by atoms with van der Waals surface area (Å²) in [4.78, 5) is 4.05. The smallest absolute Gasteiger partial charge is 0.119 e. The van der Waals surface area contributed by atoms with Crippen molar-refractivity contribution < 1.29 is 4.74 Å². The maximum absolute atomic E-state index is 5.55. The van der Waals surface area contributed by atoms with Gasteiger partial charge in [0.15, 0.2) is 0 Å². The first-order chi connectivity index (χ1) is 7.45. The van der Waals surface area contributed by atoms with E-state index in [1.165, 1.54) is 5.56 Å². The maximum atomic E-state index is 5.55. The molecule has 0 amide bonds. The van der Waals surface area contributed by atoms with Crippen LogP contribution in [0.1, 0.15) is 5.56 Å². The van der Waals surface area contributed by atoms with Crippen LogP contribution in [0.2, 0.25) is 0 Å². The van der Waals surface area contributed by atoms with Crippen LogP contribution in [0.5, 0.6) is 5.75 Å². The van der Waals surface area contributed by atoms with Crippen molar-refractivity contribution >= 4 is 0 Å². The molecular formula is C13H12NO. The summed E-state index contributed by atoms with van der Waals surface area (Å²) in [5, 5.41) is 0. The summed E-state index contributed by atoms with van der Waals surface area (Å²) < 4.78 is 5.55. The number of pyridine rings is 1. The number of rotatable bonds is 4. The van der Waals surface area contributed by atoms with Crippen LogP contribution in [0.3, 0.4) is 0 Å². The molecule has 2 aromatic rings. The molecule has 1 heterocycles. The largest absolute Gasteiger partial charge is 0.493 e. The molecule has 2 nitrogen and oxygen atoms in total. The Hall–Kier alpha value is -1.83. The molecule has 0 bridgehead atoms. The molecule has 0 aliphatic heterocycles. The minimum atomic E-state index is 0.670. The number of benzene rings is 1. The molecule has 0 aliphatic rings. The molecule has 0 unspecified atom stereocenters. The summed E-state index contributed by atoms with van der Waals surface area (Å²) in [6, 6.07) is 14.5. The second kappa shape index (κ2) is 5.15. The van der Waals surface area contributed by atoms with Gasteiger partial charge in [-0.1, -0.05) is 18.2 Å². The van der Waals surface area contributed by atoms with Crippen LogP contribution in [0.25, 0.3) is 0 Å². The molecule has 0 aliphatic carbocycles. The van der Waals surface area contributed by atoms with Crippen LogP contribution < -0.4 is 4.74 Å². The van der Waals surface area contributed by atoms with E-state index in [1.54, 1.807) is 6.20 Å². The van der Waals surface area contributed by atoms with Gasteiger partial charge in [0.2, 0.25) is 0 Å². The number of hydrogen-bond acceptors (Lipinski definition) is 2. The Labute approximate surface area is 89.6 Å². The van der Waals surface area contributed by atoms with E-state index in [0.717, 1.165) is 12.2 Å². The Morgan fingerprint density at radius 1 is 1.27 bits per heavy atom. The quantitative estimate of drug-likeness (QED) is 0.753. The van der Waals surface area contributed by atoms with E-state index >= 15 is 0 Å². The van der Waals surface area contributed by atoms with E-state index in [1.807, 2.05) is 42.6 Å². The first-order valence-corrected chi connectivity index (χ1v) is 4.93. The van der Waals surface area contributed by atoms with Crippen LogP contribution in [0, 0.1) is 6.07 Å². The van der Waals surface area contributed by atoms with E-state index in [2.05, 4.69) is 11.1 Å². The predicted octanol–water partition coefficient (Wildman–Crippen LogP) is 2.50. The van der Waals surface area contributed by atoms with E-state index in [9.17, 15) is 0 Å². The van der Waals surface area contributed by atoms with Gasteiger partial charge in [-0.3, -0.25) is 4.98 Å². The summed E-state index contributed by atoms with van der Waals surface area (Å²) in [5.74, 6) is 0.862. The molecule has 0 atom stereocenters. The number of aromatic nitrogens is 1. The third-order valence-electron chi connectivity index (χ3n) is 2.06. The molecule has 1 aromatic heterocycles. The monoisotopic (exact) mass is 198 g/mol. The fraction of sp³-hybridized carbons (Fsp3) is 0.154. The van der Waals surface area contributed by atoms with Gasteiger partial charge in [0, 0.05) is 18.8 Å². The lowest BCUT2D eigenvalue weighted by Gasteiger charge is -2.04. The summed E-state index contributed by atoms with van der Waals surface area (Å²) >= 11 is 0. The van der Waals surface area contributed by atoms with Crippen LogP contribution in [0.15, 0.2) is 48.8 Å². The Kier molecular flexibility index (Phi) is 3.34. The third-order valence-corrected chi connectivity index (χ3v) is 2.06. The fourth-order valence-electron chi connectivity index (χ4n) is 1.30. The minimum Gasteiger partial charge on any atom is -0.493 e. The topological polar surface area (TPSA) is 22.1 Å². The maximum Gasteiger partial charge on any atom is 0.119 e. The average Bonchev–Trinajstić information content (AvgIpc) is 2.32. The zero-order valence-electron chi connectivity index (χ0n) is 8.39. The van der Waals surface area contributed by atoms with Gasteiger partial charge in [0.1, 0.15) is 5.75 Å². The molecular weight excluding hydrogens is 186 g/mol. The lowest BCUT2D eigenvalue weighted by atomic mass is 10.2. The van der Waals surface area contributed by atoms with Crippen molar-refractivity contribution in [3.8, 4) is 5.75 Å². The molecule has 0 fully saturated rings. The average molecular weight is 198 g/mol. The lowest BCUT2D eigenvalue weighted by molar-refractivity contribution is 0.322. The molecule has 0 saturated heterocycles. The van der Waals surface area contributed by atoms with E-state index in [0.29, 0.717) is 6.61 Å². The summed E-state index contributed by atoms with van der Waals surface area (Å²) in [5.41, 5.74) is 1.19. The molecule has 2 rings (SSSR count). The van der Waals surface area contributed by atoms with Crippen molar-refractivity contribution in [3.63, 3.8) is 0 Å². The SMILES string of the molecule is [c]1cccc(OCCc2cccnc2)c1. The lowest BCUT2D eigenvalue weighted by Crippen LogP contribution is -2.01. The van der Waals surface area contributed by atoms with E-state index in [-0.39, 0.29) is 0 Å². The van der Waals surface area contributed by atoms with Crippen molar-refractivity contribution in [3.05, 3.63) is 60.4 Å². The van der Waals surface area contributed by atoms with Gasteiger partial charge in [0.05, 0.1) is 6.61 Å². The molecule has 15 heavy (non-hydrogen) atoms. The highest BCUT2D eigenvalue weighted by Crippen LogP contribution is 2.08. The van der Waals surface area contributed by atoms with Gasteiger partial charge in [-0.05, 0) is 29.8 Å². The summed E-state index contributed by atoms with van der Waals surface area (Å²) in [6.07, 6.45) is 4.51. The standard InChI is InChI=1S/C13H12NO/c1-2-6-13(7-3-1)15-10-8-12-5-4-9-14-11-12/h1-2,4-7,9,11H,8,10H2. The van der Waals surface area contributed by atoms with Gasteiger partial charge < -0.3 is 4.74 Å². The Bertz CT molecular complexity index is 346. The Balaban J connectivity index is 1.81. The van der Waals surface area contributed by atoms with Gasteiger partial charge in [-0.25, -0.2) is 0 Å². The number of ether oxygens (including phenoxy) is 1. The normalized spacial score (nSPS) is 9.87. The van der Waals surface area contributed by atoms with Crippen molar-refractivity contribution in [2.45, 2.75) is 6.42 Å². The number of nitrogens with zero attached hydrogens (tertiary/aromatic N) is 1. The van der Waals surface area contributed by atoms with Crippen molar-refractivity contribution in [2.75, 3.05) is 6.61 Å². The van der Waals surface area contributed by atoms with Crippen LogP contribution in [-0.4, -0.2) is 11.6 Å². The molecule has 0 N–H and O–H groups in total. The van der Waals surface area contributed by atoms with Gasteiger partial charge in [0.25, 0.3) is 0 Å². The van der Waals surface area contributed by atoms with Gasteiger partial charge >= 0.3 is 0 Å². The Morgan fingerprint density at radius 2 is 2.27 bits per heavy atom. The van der Waals surface area contributed by atoms with Crippen LogP contribution >= 0.6 is 0 Å². The molecule has 1 aromatic carbocycles. The molecule has 2 heteroatoms. The molecule has 0 spiro atoms. The highest BCUT2D eigenvalue weighted by atomic mass is 16.5. The van der Waals surface area contributed by atoms with Crippen LogP contribution in [0.4, 0.5) is 0 Å². The molecule has 1 radical (unpaired) electrons. The van der Waals surface area contributed by atoms with Crippen molar-refractivity contribution in [1.82, 2.24) is 4.98 Å².